The molecule has 2 nitrogen and oxygen atoms in total. The molecule has 0 unspecified atom stereocenters. The van der Waals surface area contributed by atoms with E-state index in [4.69, 9.17) is 11.6 Å². The molecule has 1 heterocycles. The topological polar surface area (TPSA) is 25.8 Å². The van der Waals surface area contributed by atoms with Crippen molar-refractivity contribution in [3.05, 3.63) is 30.2 Å². The Bertz CT molecular complexity index is 170. The van der Waals surface area contributed by atoms with E-state index < -0.39 is 0 Å². The highest BCUT2D eigenvalue weighted by Gasteiger charge is 1.86. The van der Waals surface area contributed by atoms with Crippen molar-refractivity contribution in [3.63, 3.8) is 0 Å². The first-order valence-electron chi connectivity index (χ1n) is 2.09. The summed E-state index contributed by atoms with van der Waals surface area (Å²) in [7, 11) is 0. The Morgan fingerprint density at radius 2 is 2.38 bits per heavy atom. The number of halogens is 1. The van der Waals surface area contributed by atoms with Crippen LogP contribution in [0.1, 0.15) is 5.69 Å². The Hall–Kier alpha value is -0.630. The van der Waals surface area contributed by atoms with Gasteiger partial charge in [0.25, 0.3) is 0 Å². The smallest absolute Gasteiger partial charge is 0.222 e. The molecule has 41 valence electrons. The van der Waals surface area contributed by atoms with Gasteiger partial charge < -0.3 is 0 Å². The zero-order valence-corrected chi connectivity index (χ0v) is 4.89. The van der Waals surface area contributed by atoms with E-state index in [1.807, 2.05) is 0 Å². The second kappa shape index (κ2) is 2.09. The maximum absolute atomic E-state index is 5.38. The van der Waals surface area contributed by atoms with E-state index in [1.54, 1.807) is 12.3 Å². The highest BCUT2D eigenvalue weighted by molar-refractivity contribution is 6.28. The first-order valence-corrected chi connectivity index (χ1v) is 2.47. The van der Waals surface area contributed by atoms with Crippen LogP contribution in [0, 0.1) is 6.92 Å². The molecule has 1 aromatic heterocycles. The van der Waals surface area contributed by atoms with Crippen LogP contribution in [0.4, 0.5) is 0 Å². The maximum Gasteiger partial charge on any atom is 0.222 e. The lowest BCUT2D eigenvalue weighted by Crippen LogP contribution is -1.82. The largest absolute Gasteiger partial charge is 0.227 e. The van der Waals surface area contributed by atoms with E-state index in [0.29, 0.717) is 5.69 Å². The van der Waals surface area contributed by atoms with Crippen LogP contribution in [0.15, 0.2) is 12.3 Å². The standard InChI is InChI=1S/C5H4ClN2/c1-4-2-3-7-5(6)8-4/h2-3H,1H2. The molecular weight excluding hydrogens is 124 g/mol. The molecule has 0 N–H and O–H groups in total. The van der Waals surface area contributed by atoms with Crippen LogP contribution >= 0.6 is 11.6 Å². The van der Waals surface area contributed by atoms with Gasteiger partial charge in [-0.25, -0.2) is 9.97 Å². The van der Waals surface area contributed by atoms with Gasteiger partial charge in [0.05, 0.1) is 0 Å². The fraction of sp³-hybridized carbons (Fsp3) is 0. The lowest BCUT2D eigenvalue weighted by atomic mass is 10.5. The van der Waals surface area contributed by atoms with Gasteiger partial charge in [0, 0.05) is 11.9 Å². The molecule has 0 fully saturated rings. The lowest BCUT2D eigenvalue weighted by Gasteiger charge is -1.87. The third-order valence-corrected chi connectivity index (χ3v) is 0.866. The van der Waals surface area contributed by atoms with Crippen molar-refractivity contribution in [2.45, 2.75) is 0 Å². The minimum Gasteiger partial charge on any atom is -0.227 e. The Morgan fingerprint density at radius 3 is 2.75 bits per heavy atom. The molecular formula is C5H4ClN2. The van der Waals surface area contributed by atoms with Gasteiger partial charge in [0.1, 0.15) is 0 Å². The summed E-state index contributed by atoms with van der Waals surface area (Å²) in [5, 5.41) is 0.248. The van der Waals surface area contributed by atoms with E-state index in [1.165, 1.54) is 0 Å². The van der Waals surface area contributed by atoms with Crippen LogP contribution in [-0.4, -0.2) is 9.97 Å². The Labute approximate surface area is 52.5 Å². The summed E-state index contributed by atoms with van der Waals surface area (Å²) >= 11 is 5.38. The van der Waals surface area contributed by atoms with Crippen LogP contribution in [0.5, 0.6) is 0 Å². The van der Waals surface area contributed by atoms with Crippen molar-refractivity contribution in [2.75, 3.05) is 0 Å². The van der Waals surface area contributed by atoms with Crippen LogP contribution in [0.3, 0.4) is 0 Å². The molecule has 1 aromatic rings. The molecule has 1 rings (SSSR count). The molecule has 0 amide bonds. The van der Waals surface area contributed by atoms with Gasteiger partial charge in [-0.05, 0) is 24.6 Å². The molecule has 0 saturated heterocycles. The average Bonchev–Trinajstić information content (AvgIpc) is 1.64. The minimum atomic E-state index is 0.248. The molecule has 0 bridgehead atoms. The molecule has 8 heavy (non-hydrogen) atoms. The second-order valence-corrected chi connectivity index (χ2v) is 1.66. The third-order valence-electron chi connectivity index (χ3n) is 0.684. The van der Waals surface area contributed by atoms with Crippen molar-refractivity contribution in [1.29, 1.82) is 0 Å². The normalized spacial score (nSPS) is 9.25. The number of aromatic nitrogens is 2. The molecule has 0 saturated carbocycles. The Balaban J connectivity index is 3.08. The second-order valence-electron chi connectivity index (χ2n) is 1.32. The molecule has 0 spiro atoms. The van der Waals surface area contributed by atoms with E-state index in [2.05, 4.69) is 16.9 Å². The van der Waals surface area contributed by atoms with Gasteiger partial charge in [0.2, 0.25) is 5.28 Å². The molecule has 1 radical (unpaired) electrons. The van der Waals surface area contributed by atoms with Crippen molar-refractivity contribution in [2.24, 2.45) is 0 Å². The molecule has 3 heteroatoms. The average molecular weight is 128 g/mol. The van der Waals surface area contributed by atoms with E-state index in [-0.39, 0.29) is 5.28 Å². The molecule has 0 aliphatic carbocycles. The SMILES string of the molecule is [CH2]c1ccnc(Cl)n1. The van der Waals surface area contributed by atoms with Crippen molar-refractivity contribution in [1.82, 2.24) is 9.97 Å². The van der Waals surface area contributed by atoms with Gasteiger partial charge in [-0.1, -0.05) is 0 Å². The van der Waals surface area contributed by atoms with Crippen molar-refractivity contribution in [3.8, 4) is 0 Å². The number of nitrogens with zero attached hydrogens (tertiary/aromatic N) is 2. The first-order chi connectivity index (χ1) is 3.79. The summed E-state index contributed by atoms with van der Waals surface area (Å²) in [4.78, 5) is 7.37. The van der Waals surface area contributed by atoms with E-state index in [0.717, 1.165) is 0 Å². The van der Waals surface area contributed by atoms with Gasteiger partial charge >= 0.3 is 0 Å². The van der Waals surface area contributed by atoms with Crippen molar-refractivity contribution < 1.29 is 0 Å². The molecule has 0 aromatic carbocycles. The van der Waals surface area contributed by atoms with Gasteiger partial charge in [-0.2, -0.15) is 0 Å². The van der Waals surface area contributed by atoms with Crippen LogP contribution < -0.4 is 0 Å². The number of hydrogen-bond donors (Lipinski definition) is 0. The summed E-state index contributed by atoms with van der Waals surface area (Å²) < 4.78 is 0. The zero-order valence-electron chi connectivity index (χ0n) is 4.13. The summed E-state index contributed by atoms with van der Waals surface area (Å²) in [6.07, 6.45) is 1.57. The summed E-state index contributed by atoms with van der Waals surface area (Å²) in [5.41, 5.74) is 0.644. The monoisotopic (exact) mass is 127 g/mol. The molecule has 0 aliphatic heterocycles. The van der Waals surface area contributed by atoms with E-state index >= 15 is 0 Å². The van der Waals surface area contributed by atoms with Crippen LogP contribution in [-0.2, 0) is 0 Å². The number of rotatable bonds is 0. The van der Waals surface area contributed by atoms with Gasteiger partial charge in [-0.15, -0.1) is 0 Å². The van der Waals surface area contributed by atoms with Crippen LogP contribution in [0.2, 0.25) is 5.28 Å². The highest BCUT2D eigenvalue weighted by Crippen LogP contribution is 1.97. The fourth-order valence-electron chi connectivity index (χ4n) is 0.369. The quantitative estimate of drug-likeness (QED) is 0.491. The molecule has 0 atom stereocenters. The Kier molecular flexibility index (Phi) is 1.44. The summed E-state index contributed by atoms with van der Waals surface area (Å²) in [6, 6.07) is 1.69. The predicted molar refractivity (Wildman–Crippen MR) is 31.5 cm³/mol. The maximum atomic E-state index is 5.38. The zero-order chi connectivity index (χ0) is 5.98. The Morgan fingerprint density at radius 1 is 1.62 bits per heavy atom. The summed E-state index contributed by atoms with van der Waals surface area (Å²) in [5.74, 6) is 0. The summed E-state index contributed by atoms with van der Waals surface area (Å²) in [6.45, 7) is 3.55. The minimum absolute atomic E-state index is 0.248. The lowest BCUT2D eigenvalue weighted by molar-refractivity contribution is 1.14. The van der Waals surface area contributed by atoms with Gasteiger partial charge in [0.15, 0.2) is 0 Å². The predicted octanol–water partition coefficient (Wildman–Crippen LogP) is 1.31. The van der Waals surface area contributed by atoms with Crippen LogP contribution in [0.25, 0.3) is 0 Å². The molecule has 0 aliphatic rings. The first kappa shape index (κ1) is 5.51. The third kappa shape index (κ3) is 1.17. The fourth-order valence-corrected chi connectivity index (χ4v) is 0.534. The van der Waals surface area contributed by atoms with E-state index in [9.17, 15) is 0 Å². The highest BCUT2D eigenvalue weighted by atomic mass is 35.5. The van der Waals surface area contributed by atoms with Crippen molar-refractivity contribution >= 4 is 11.6 Å². The number of hydrogen-bond acceptors (Lipinski definition) is 2. The van der Waals surface area contributed by atoms with Gasteiger partial charge in [-0.3, -0.25) is 0 Å².